The molecule has 0 aliphatic carbocycles. The van der Waals surface area contributed by atoms with Crippen LogP contribution in [0.15, 0.2) is 58.8 Å². The number of nitrogen functional groups attached to an aromatic ring is 1. The summed E-state index contributed by atoms with van der Waals surface area (Å²) in [6.45, 7) is 0.468. The molecule has 0 saturated carbocycles. The number of ether oxygens (including phenoxy) is 2. The van der Waals surface area contributed by atoms with Crippen molar-refractivity contribution in [3.05, 3.63) is 60.2 Å². The van der Waals surface area contributed by atoms with Gasteiger partial charge in [0.1, 0.15) is 17.3 Å². The molecule has 4 rings (SSSR count). The Balaban J connectivity index is 1.69. The molecular weight excluding hydrogens is 393 g/mol. The lowest BCUT2D eigenvalue weighted by atomic mass is 10.2. The van der Waals surface area contributed by atoms with Gasteiger partial charge in [0.05, 0.1) is 32.0 Å². The normalized spacial score (nSPS) is 11.0. The first-order valence-corrected chi connectivity index (χ1v) is 9.51. The number of rotatable bonds is 6. The first-order chi connectivity index (χ1) is 14.1. The van der Waals surface area contributed by atoms with E-state index in [1.165, 1.54) is 23.9 Å². The van der Waals surface area contributed by atoms with Crippen LogP contribution in [0.4, 0.5) is 10.2 Å². The smallest absolute Gasteiger partial charge is 0.195 e. The van der Waals surface area contributed by atoms with E-state index in [2.05, 4.69) is 15.0 Å². The Bertz CT molecular complexity index is 1120. The maximum absolute atomic E-state index is 13.2. The van der Waals surface area contributed by atoms with Gasteiger partial charge in [0.15, 0.2) is 22.5 Å². The van der Waals surface area contributed by atoms with Gasteiger partial charge in [-0.15, -0.1) is 0 Å². The molecule has 2 aliphatic rings. The van der Waals surface area contributed by atoms with Gasteiger partial charge in [0, 0.05) is 0 Å². The summed E-state index contributed by atoms with van der Waals surface area (Å²) in [6.07, 6.45) is 1.61. The SMILES string of the molecule is COc1ccc(OC)c(Sc2nc3c(N)ncn(Cc4ccc(F)cc4)c-3n2)c1. The van der Waals surface area contributed by atoms with Crippen molar-refractivity contribution in [2.45, 2.75) is 16.6 Å². The summed E-state index contributed by atoms with van der Waals surface area (Å²) in [5, 5.41) is 0.513. The highest BCUT2D eigenvalue weighted by atomic mass is 32.2. The number of halogens is 1. The second-order valence-corrected chi connectivity index (χ2v) is 7.19. The monoisotopic (exact) mass is 411 g/mol. The fourth-order valence-corrected chi connectivity index (χ4v) is 3.74. The molecular formula is C20H18FN5O2S. The van der Waals surface area contributed by atoms with E-state index in [4.69, 9.17) is 15.2 Å². The Morgan fingerprint density at radius 2 is 1.86 bits per heavy atom. The highest BCUT2D eigenvalue weighted by Gasteiger charge is 2.20. The largest absolute Gasteiger partial charge is 0.497 e. The summed E-state index contributed by atoms with van der Waals surface area (Å²) >= 11 is 1.35. The van der Waals surface area contributed by atoms with Gasteiger partial charge < -0.3 is 19.8 Å². The van der Waals surface area contributed by atoms with Crippen LogP contribution in [0.2, 0.25) is 0 Å². The number of fused-ring (bicyclic) bond motifs is 1. The topological polar surface area (TPSA) is 88.1 Å². The van der Waals surface area contributed by atoms with Crippen LogP contribution in [0.1, 0.15) is 5.56 Å². The summed E-state index contributed by atoms with van der Waals surface area (Å²) in [7, 11) is 3.21. The minimum absolute atomic E-state index is 0.279. The van der Waals surface area contributed by atoms with Gasteiger partial charge in [-0.3, -0.25) is 0 Å². The van der Waals surface area contributed by atoms with Gasteiger partial charge in [0.25, 0.3) is 0 Å². The number of nitrogens with zero attached hydrogens (tertiary/aromatic N) is 4. The highest BCUT2D eigenvalue weighted by Crippen LogP contribution is 2.38. The summed E-state index contributed by atoms with van der Waals surface area (Å²) in [6, 6.07) is 11.8. The van der Waals surface area contributed by atoms with Crippen LogP contribution in [-0.2, 0) is 6.54 Å². The molecule has 2 aliphatic heterocycles. The maximum Gasteiger partial charge on any atom is 0.195 e. The molecule has 0 unspecified atom stereocenters. The Morgan fingerprint density at radius 1 is 1.07 bits per heavy atom. The van der Waals surface area contributed by atoms with E-state index in [0.29, 0.717) is 40.5 Å². The molecule has 0 amide bonds. The van der Waals surface area contributed by atoms with Crippen LogP contribution in [-0.4, -0.2) is 33.7 Å². The summed E-state index contributed by atoms with van der Waals surface area (Å²) in [4.78, 5) is 14.2. The zero-order valence-electron chi connectivity index (χ0n) is 15.8. The first-order valence-electron chi connectivity index (χ1n) is 8.70. The molecule has 2 N–H and O–H groups in total. The molecule has 0 aromatic heterocycles. The molecule has 2 aromatic rings. The molecule has 29 heavy (non-hydrogen) atoms. The Morgan fingerprint density at radius 3 is 2.59 bits per heavy atom. The molecule has 9 heteroatoms. The van der Waals surface area contributed by atoms with E-state index in [0.717, 1.165) is 10.5 Å². The van der Waals surface area contributed by atoms with E-state index in [-0.39, 0.29) is 5.82 Å². The number of aromatic nitrogens is 4. The number of methoxy groups -OCH3 is 2. The summed E-state index contributed by atoms with van der Waals surface area (Å²) < 4.78 is 25.7. The summed E-state index contributed by atoms with van der Waals surface area (Å²) in [5.74, 6) is 2.02. The minimum atomic E-state index is -0.279. The molecule has 7 nitrogen and oxygen atoms in total. The van der Waals surface area contributed by atoms with Crippen molar-refractivity contribution in [2.24, 2.45) is 0 Å². The van der Waals surface area contributed by atoms with Gasteiger partial charge >= 0.3 is 0 Å². The third-order valence-corrected chi connectivity index (χ3v) is 5.21. The third-order valence-electron chi connectivity index (χ3n) is 4.31. The Hall–Kier alpha value is -3.33. The molecule has 0 bridgehead atoms. The van der Waals surface area contributed by atoms with Crippen LogP contribution in [0.25, 0.3) is 11.5 Å². The van der Waals surface area contributed by atoms with Crippen LogP contribution in [0.3, 0.4) is 0 Å². The average Bonchev–Trinajstić information content (AvgIpc) is 3.16. The van der Waals surface area contributed by atoms with Crippen LogP contribution >= 0.6 is 11.8 Å². The van der Waals surface area contributed by atoms with Gasteiger partial charge in [-0.2, -0.15) is 0 Å². The number of hydrogen-bond acceptors (Lipinski definition) is 7. The van der Waals surface area contributed by atoms with E-state index < -0.39 is 0 Å². The number of anilines is 1. The number of hydrogen-bond donors (Lipinski definition) is 1. The molecule has 2 heterocycles. The molecule has 0 saturated heterocycles. The zero-order chi connectivity index (χ0) is 20.4. The Kier molecular flexibility index (Phi) is 5.22. The Labute approximate surface area is 171 Å². The quantitative estimate of drug-likeness (QED) is 0.517. The van der Waals surface area contributed by atoms with Crippen molar-refractivity contribution in [3.8, 4) is 23.0 Å². The van der Waals surface area contributed by atoms with Crippen molar-refractivity contribution in [2.75, 3.05) is 20.0 Å². The lowest BCUT2D eigenvalue weighted by Crippen LogP contribution is -2.09. The van der Waals surface area contributed by atoms with Gasteiger partial charge in [-0.25, -0.2) is 19.3 Å². The van der Waals surface area contributed by atoms with Crippen molar-refractivity contribution in [1.29, 1.82) is 0 Å². The van der Waals surface area contributed by atoms with E-state index in [1.54, 1.807) is 32.7 Å². The molecule has 0 spiro atoms. The van der Waals surface area contributed by atoms with Gasteiger partial charge in [0.2, 0.25) is 0 Å². The molecule has 2 aromatic carbocycles. The number of imidazole rings is 1. The predicted molar refractivity (Wildman–Crippen MR) is 108 cm³/mol. The van der Waals surface area contributed by atoms with Crippen molar-refractivity contribution in [1.82, 2.24) is 19.5 Å². The lowest BCUT2D eigenvalue weighted by Gasteiger charge is -2.11. The van der Waals surface area contributed by atoms with E-state index in [9.17, 15) is 4.39 Å². The van der Waals surface area contributed by atoms with Crippen molar-refractivity contribution >= 4 is 17.6 Å². The second kappa shape index (κ2) is 7.96. The molecule has 0 atom stereocenters. The van der Waals surface area contributed by atoms with E-state index >= 15 is 0 Å². The van der Waals surface area contributed by atoms with Crippen LogP contribution in [0.5, 0.6) is 11.5 Å². The predicted octanol–water partition coefficient (Wildman–Crippen LogP) is 3.72. The minimum Gasteiger partial charge on any atom is -0.497 e. The molecule has 148 valence electrons. The highest BCUT2D eigenvalue weighted by molar-refractivity contribution is 7.99. The van der Waals surface area contributed by atoms with Gasteiger partial charge in [-0.1, -0.05) is 12.1 Å². The average molecular weight is 411 g/mol. The number of nitrogens with two attached hydrogens (primary N) is 1. The zero-order valence-corrected chi connectivity index (χ0v) is 16.6. The van der Waals surface area contributed by atoms with Crippen LogP contribution in [0, 0.1) is 5.82 Å². The molecule has 0 radical (unpaired) electrons. The number of benzene rings is 2. The standard InChI is InChI=1S/C20H18FN5O2S/c1-27-14-7-8-15(28-2)16(9-14)29-20-24-17-18(22)23-11-26(19(17)25-20)10-12-3-5-13(21)6-4-12/h3-9,11H,10,22H2,1-2H3. The lowest BCUT2D eigenvalue weighted by molar-refractivity contribution is 0.394. The first kappa shape index (κ1) is 19.0. The van der Waals surface area contributed by atoms with Crippen molar-refractivity contribution in [3.63, 3.8) is 0 Å². The van der Waals surface area contributed by atoms with E-state index in [1.807, 2.05) is 22.8 Å². The van der Waals surface area contributed by atoms with Gasteiger partial charge in [-0.05, 0) is 47.7 Å². The second-order valence-electron chi connectivity index (χ2n) is 6.18. The summed E-state index contributed by atoms with van der Waals surface area (Å²) in [5.41, 5.74) is 7.44. The third kappa shape index (κ3) is 3.95. The maximum atomic E-state index is 13.2. The fourth-order valence-electron chi connectivity index (χ4n) is 2.84. The van der Waals surface area contributed by atoms with Crippen LogP contribution < -0.4 is 15.2 Å². The van der Waals surface area contributed by atoms with Crippen molar-refractivity contribution < 1.29 is 13.9 Å². The fraction of sp³-hybridized carbons (Fsp3) is 0.150. The molecule has 0 fully saturated rings.